The fraction of sp³-hybridized carbons (Fsp3) is 0.235. The molecule has 0 bridgehead atoms. The maximum absolute atomic E-state index is 12.6. The van der Waals surface area contributed by atoms with Crippen molar-refractivity contribution >= 4 is 17.5 Å². The molecular weight excluding hydrogens is 270 g/mol. The van der Waals surface area contributed by atoms with Gasteiger partial charge in [-0.3, -0.25) is 4.79 Å². The molecule has 3 heteroatoms. The van der Waals surface area contributed by atoms with Crippen LogP contribution < -0.4 is 0 Å². The van der Waals surface area contributed by atoms with Gasteiger partial charge in [-0.05, 0) is 42.7 Å². The van der Waals surface area contributed by atoms with Gasteiger partial charge < -0.3 is 4.90 Å². The minimum atomic E-state index is 0.105. The van der Waals surface area contributed by atoms with E-state index in [1.807, 2.05) is 59.5 Å². The first-order valence-electron chi connectivity index (χ1n) is 6.87. The Bertz CT molecular complexity index is 611. The predicted molar refractivity (Wildman–Crippen MR) is 80.9 cm³/mol. The summed E-state index contributed by atoms with van der Waals surface area (Å²) in [5, 5.41) is 0.724. The molecule has 1 saturated heterocycles. The maximum atomic E-state index is 12.6. The minimum absolute atomic E-state index is 0.105. The van der Waals surface area contributed by atoms with E-state index in [9.17, 15) is 4.79 Å². The summed E-state index contributed by atoms with van der Waals surface area (Å²) in [5.41, 5.74) is 1.88. The van der Waals surface area contributed by atoms with E-state index in [0.29, 0.717) is 0 Å². The molecule has 1 aliphatic rings. The number of carbonyl (C=O) groups is 1. The molecule has 3 rings (SSSR count). The summed E-state index contributed by atoms with van der Waals surface area (Å²) in [6.07, 6.45) is 2.04. The summed E-state index contributed by atoms with van der Waals surface area (Å²) in [6.45, 7) is 0.810. The van der Waals surface area contributed by atoms with Gasteiger partial charge in [-0.1, -0.05) is 41.9 Å². The zero-order valence-corrected chi connectivity index (χ0v) is 11.9. The van der Waals surface area contributed by atoms with Crippen molar-refractivity contribution in [3.05, 3.63) is 70.7 Å². The number of likely N-dealkylation sites (tertiary alicyclic amines) is 1. The number of benzene rings is 2. The number of carbonyl (C=O) groups excluding carboxylic acids is 1. The highest BCUT2D eigenvalue weighted by molar-refractivity contribution is 6.30. The summed E-state index contributed by atoms with van der Waals surface area (Å²) < 4.78 is 0. The third-order valence-electron chi connectivity index (χ3n) is 3.77. The number of rotatable bonds is 2. The van der Waals surface area contributed by atoms with Crippen LogP contribution in [-0.2, 0) is 0 Å². The third-order valence-corrected chi connectivity index (χ3v) is 4.00. The third kappa shape index (κ3) is 2.56. The van der Waals surface area contributed by atoms with Gasteiger partial charge in [0.05, 0.1) is 6.04 Å². The van der Waals surface area contributed by atoms with Crippen LogP contribution in [0.3, 0.4) is 0 Å². The van der Waals surface area contributed by atoms with E-state index in [4.69, 9.17) is 11.6 Å². The van der Waals surface area contributed by atoms with Crippen molar-refractivity contribution in [1.29, 1.82) is 0 Å². The molecule has 2 nitrogen and oxygen atoms in total. The van der Waals surface area contributed by atoms with E-state index >= 15 is 0 Å². The van der Waals surface area contributed by atoms with Gasteiger partial charge in [-0.2, -0.15) is 0 Å². The Balaban J connectivity index is 1.88. The summed E-state index contributed by atoms with van der Waals surface area (Å²) >= 11 is 6.06. The fourth-order valence-corrected chi connectivity index (χ4v) is 3.02. The van der Waals surface area contributed by atoms with Crippen molar-refractivity contribution in [3.8, 4) is 0 Å². The van der Waals surface area contributed by atoms with Gasteiger partial charge in [0.25, 0.3) is 5.91 Å². The van der Waals surface area contributed by atoms with Gasteiger partial charge in [0.15, 0.2) is 0 Å². The van der Waals surface area contributed by atoms with Crippen LogP contribution in [0.15, 0.2) is 54.6 Å². The number of hydrogen-bond donors (Lipinski definition) is 0. The quantitative estimate of drug-likeness (QED) is 0.805. The highest BCUT2D eigenvalue weighted by atomic mass is 35.5. The Hall–Kier alpha value is -1.80. The summed E-state index contributed by atoms with van der Waals surface area (Å²) in [6, 6.07) is 17.4. The van der Waals surface area contributed by atoms with Crippen molar-refractivity contribution in [2.24, 2.45) is 0 Å². The normalized spacial score (nSPS) is 18.2. The highest BCUT2D eigenvalue weighted by Gasteiger charge is 2.30. The molecule has 0 spiro atoms. The number of halogens is 1. The van der Waals surface area contributed by atoms with Crippen molar-refractivity contribution in [1.82, 2.24) is 4.90 Å². The van der Waals surface area contributed by atoms with Crippen molar-refractivity contribution in [2.45, 2.75) is 18.9 Å². The van der Waals surface area contributed by atoms with Crippen LogP contribution in [0.2, 0.25) is 5.02 Å². The second-order valence-electron chi connectivity index (χ2n) is 5.08. The Morgan fingerprint density at radius 1 is 1.10 bits per heavy atom. The lowest BCUT2D eigenvalue weighted by Crippen LogP contribution is -2.30. The van der Waals surface area contributed by atoms with Crippen LogP contribution in [0.5, 0.6) is 0 Å². The predicted octanol–water partition coefficient (Wildman–Crippen LogP) is 4.32. The molecule has 0 N–H and O–H groups in total. The SMILES string of the molecule is O=C(c1ccccc1)N1CCCC1c1cccc(Cl)c1. The molecule has 2 aromatic rings. The Morgan fingerprint density at radius 2 is 1.90 bits per heavy atom. The van der Waals surface area contributed by atoms with E-state index in [1.165, 1.54) is 0 Å². The van der Waals surface area contributed by atoms with Crippen molar-refractivity contribution in [2.75, 3.05) is 6.54 Å². The van der Waals surface area contributed by atoms with Gasteiger partial charge in [0.2, 0.25) is 0 Å². The second kappa shape index (κ2) is 5.68. The van der Waals surface area contributed by atoms with E-state index in [-0.39, 0.29) is 11.9 Å². The molecule has 20 heavy (non-hydrogen) atoms. The Morgan fingerprint density at radius 3 is 2.65 bits per heavy atom. The van der Waals surface area contributed by atoms with E-state index in [1.54, 1.807) is 0 Å². The molecule has 0 aliphatic carbocycles. The minimum Gasteiger partial charge on any atom is -0.332 e. The van der Waals surface area contributed by atoms with Crippen LogP contribution in [-0.4, -0.2) is 17.4 Å². The first-order chi connectivity index (χ1) is 9.75. The molecule has 0 radical (unpaired) electrons. The Labute approximate surface area is 124 Å². The molecule has 0 aromatic heterocycles. The zero-order chi connectivity index (χ0) is 13.9. The largest absolute Gasteiger partial charge is 0.332 e. The number of amides is 1. The summed E-state index contributed by atoms with van der Waals surface area (Å²) in [5.74, 6) is 0.105. The van der Waals surface area contributed by atoms with Crippen LogP contribution in [0, 0.1) is 0 Å². The van der Waals surface area contributed by atoms with E-state index < -0.39 is 0 Å². The lowest BCUT2D eigenvalue weighted by atomic mass is 10.0. The van der Waals surface area contributed by atoms with Crippen molar-refractivity contribution < 1.29 is 4.79 Å². The molecule has 0 saturated carbocycles. The Kier molecular flexibility index (Phi) is 3.75. The molecular formula is C17H16ClNO. The summed E-state index contributed by atoms with van der Waals surface area (Å²) in [7, 11) is 0. The molecule has 1 heterocycles. The van der Waals surface area contributed by atoms with Gasteiger partial charge >= 0.3 is 0 Å². The van der Waals surface area contributed by atoms with Crippen LogP contribution in [0.25, 0.3) is 0 Å². The molecule has 1 aliphatic heterocycles. The van der Waals surface area contributed by atoms with Gasteiger partial charge in [-0.25, -0.2) is 0 Å². The maximum Gasteiger partial charge on any atom is 0.254 e. The molecule has 102 valence electrons. The van der Waals surface area contributed by atoms with Crippen LogP contribution in [0.1, 0.15) is 34.8 Å². The zero-order valence-electron chi connectivity index (χ0n) is 11.1. The van der Waals surface area contributed by atoms with Gasteiger partial charge in [0, 0.05) is 17.1 Å². The van der Waals surface area contributed by atoms with Crippen molar-refractivity contribution in [3.63, 3.8) is 0 Å². The van der Waals surface area contributed by atoms with Crippen LogP contribution in [0.4, 0.5) is 0 Å². The molecule has 1 unspecified atom stereocenters. The fourth-order valence-electron chi connectivity index (χ4n) is 2.82. The molecule has 2 aromatic carbocycles. The highest BCUT2D eigenvalue weighted by Crippen LogP contribution is 2.34. The van der Waals surface area contributed by atoms with Gasteiger partial charge in [-0.15, -0.1) is 0 Å². The van der Waals surface area contributed by atoms with Crippen LogP contribution >= 0.6 is 11.6 Å². The average molecular weight is 286 g/mol. The standard InChI is InChI=1S/C17H16ClNO/c18-15-9-4-8-14(12-15)16-10-5-11-19(16)17(20)13-6-2-1-3-7-13/h1-4,6-9,12,16H,5,10-11H2. The topological polar surface area (TPSA) is 20.3 Å². The van der Waals surface area contributed by atoms with Gasteiger partial charge in [0.1, 0.15) is 0 Å². The molecule has 1 amide bonds. The summed E-state index contributed by atoms with van der Waals surface area (Å²) in [4.78, 5) is 14.6. The number of hydrogen-bond acceptors (Lipinski definition) is 1. The average Bonchev–Trinajstić information content (AvgIpc) is 2.97. The van der Waals surface area contributed by atoms with E-state index in [0.717, 1.165) is 35.5 Å². The smallest absolute Gasteiger partial charge is 0.254 e. The monoisotopic (exact) mass is 285 g/mol. The number of nitrogens with zero attached hydrogens (tertiary/aromatic N) is 1. The van der Waals surface area contributed by atoms with E-state index in [2.05, 4.69) is 0 Å². The first-order valence-corrected chi connectivity index (χ1v) is 7.25. The molecule has 1 fully saturated rings. The lowest BCUT2D eigenvalue weighted by molar-refractivity contribution is 0.0735. The first kappa shape index (κ1) is 13.2. The second-order valence-corrected chi connectivity index (χ2v) is 5.51. The molecule has 1 atom stereocenters. The lowest BCUT2D eigenvalue weighted by Gasteiger charge is -2.25.